The molecule has 0 aliphatic rings. The van der Waals surface area contributed by atoms with Crippen molar-refractivity contribution in [3.63, 3.8) is 0 Å². The molecule has 19 heavy (non-hydrogen) atoms. The Morgan fingerprint density at radius 3 is 2.89 bits per heavy atom. The van der Waals surface area contributed by atoms with Crippen molar-refractivity contribution >= 4 is 17.6 Å². The van der Waals surface area contributed by atoms with Gasteiger partial charge in [-0.15, -0.1) is 0 Å². The summed E-state index contributed by atoms with van der Waals surface area (Å²) < 4.78 is 13.5. The minimum Gasteiger partial charge on any atom is -0.365 e. The average Bonchev–Trinajstić information content (AvgIpc) is 2.46. The summed E-state index contributed by atoms with van der Waals surface area (Å²) >= 11 is 1.38. The van der Waals surface area contributed by atoms with Gasteiger partial charge in [0.05, 0.1) is 6.20 Å². The summed E-state index contributed by atoms with van der Waals surface area (Å²) in [5.41, 5.74) is 0.866. The van der Waals surface area contributed by atoms with Gasteiger partial charge in [0.1, 0.15) is 23.3 Å². The van der Waals surface area contributed by atoms with E-state index in [0.29, 0.717) is 22.1 Å². The fraction of sp³-hybridized carbons (Fsp3) is 0.154. The highest BCUT2D eigenvalue weighted by Crippen LogP contribution is 2.17. The molecule has 96 valence electrons. The molecule has 0 saturated heterocycles. The second kappa shape index (κ2) is 6.16. The number of rotatable bonds is 4. The Balaban J connectivity index is 2.19. The van der Waals surface area contributed by atoms with Crippen LogP contribution in [0.5, 0.6) is 0 Å². The second-order valence-electron chi connectivity index (χ2n) is 3.68. The van der Waals surface area contributed by atoms with Crippen molar-refractivity contribution in [1.82, 2.24) is 9.97 Å². The molecule has 2 rings (SSSR count). The Morgan fingerprint density at radius 1 is 1.42 bits per heavy atom. The number of anilines is 1. The molecule has 1 heterocycles. The molecule has 6 heteroatoms. The quantitative estimate of drug-likeness (QED) is 0.686. The van der Waals surface area contributed by atoms with Crippen molar-refractivity contribution in [1.29, 1.82) is 5.26 Å². The van der Waals surface area contributed by atoms with Crippen LogP contribution in [0.25, 0.3) is 0 Å². The summed E-state index contributed by atoms with van der Waals surface area (Å²) in [7, 11) is 0. The smallest absolute Gasteiger partial charge is 0.189 e. The van der Waals surface area contributed by atoms with Crippen molar-refractivity contribution < 1.29 is 4.39 Å². The lowest BCUT2D eigenvalue weighted by molar-refractivity contribution is 0.613. The van der Waals surface area contributed by atoms with Crippen LogP contribution in [0.2, 0.25) is 0 Å². The zero-order chi connectivity index (χ0) is 13.7. The summed E-state index contributed by atoms with van der Waals surface area (Å²) in [6.45, 7) is 0.270. The molecule has 0 bridgehead atoms. The Kier molecular flexibility index (Phi) is 4.31. The molecule has 1 aromatic carbocycles. The zero-order valence-electron chi connectivity index (χ0n) is 10.2. The molecule has 4 nitrogen and oxygen atoms in total. The van der Waals surface area contributed by atoms with Gasteiger partial charge in [0.25, 0.3) is 0 Å². The molecule has 0 aliphatic heterocycles. The Hall–Kier alpha value is -2.13. The highest BCUT2D eigenvalue weighted by molar-refractivity contribution is 7.98. The Bertz CT molecular complexity index is 624. The number of nitriles is 1. The van der Waals surface area contributed by atoms with Crippen molar-refractivity contribution in [3.05, 3.63) is 47.4 Å². The molecular formula is C13H11FN4S. The minimum atomic E-state index is -0.285. The maximum Gasteiger partial charge on any atom is 0.189 e. The Labute approximate surface area is 114 Å². The van der Waals surface area contributed by atoms with Crippen molar-refractivity contribution in [2.24, 2.45) is 0 Å². The standard InChI is InChI=1S/C13H11FN4S/c1-19-13-17-8-10(6-15)12(18-13)16-7-9-4-2-3-5-11(9)14/h2-5,8H,7H2,1H3,(H,16,17,18). The third-order valence-electron chi connectivity index (χ3n) is 2.47. The molecule has 0 spiro atoms. The fourth-order valence-corrected chi connectivity index (χ4v) is 1.84. The first-order valence-corrected chi connectivity index (χ1v) is 6.75. The van der Waals surface area contributed by atoms with E-state index >= 15 is 0 Å². The zero-order valence-corrected chi connectivity index (χ0v) is 11.0. The maximum absolute atomic E-state index is 13.5. The Morgan fingerprint density at radius 2 is 2.21 bits per heavy atom. The third kappa shape index (κ3) is 3.20. The van der Waals surface area contributed by atoms with E-state index in [9.17, 15) is 4.39 Å². The van der Waals surface area contributed by atoms with Crippen LogP contribution < -0.4 is 5.32 Å². The van der Waals surface area contributed by atoms with E-state index < -0.39 is 0 Å². The van der Waals surface area contributed by atoms with Crippen LogP contribution in [-0.4, -0.2) is 16.2 Å². The average molecular weight is 274 g/mol. The molecule has 2 aromatic rings. The first kappa shape index (κ1) is 13.3. The summed E-state index contributed by atoms with van der Waals surface area (Å²) in [6, 6.07) is 8.49. The van der Waals surface area contributed by atoms with Gasteiger partial charge >= 0.3 is 0 Å². The summed E-state index contributed by atoms with van der Waals surface area (Å²) in [6.07, 6.45) is 3.31. The van der Waals surface area contributed by atoms with Gasteiger partial charge in [-0.3, -0.25) is 0 Å². The van der Waals surface area contributed by atoms with Gasteiger partial charge in [-0.1, -0.05) is 30.0 Å². The number of halogens is 1. The van der Waals surface area contributed by atoms with Crippen LogP contribution in [0.4, 0.5) is 10.2 Å². The molecular weight excluding hydrogens is 263 g/mol. The normalized spacial score (nSPS) is 9.95. The molecule has 0 saturated carbocycles. The molecule has 0 radical (unpaired) electrons. The predicted molar refractivity (Wildman–Crippen MR) is 72.3 cm³/mol. The van der Waals surface area contributed by atoms with Crippen LogP contribution in [0.15, 0.2) is 35.6 Å². The van der Waals surface area contributed by atoms with E-state index in [1.165, 1.54) is 24.0 Å². The first-order chi connectivity index (χ1) is 9.24. The van der Waals surface area contributed by atoms with Gasteiger partial charge in [-0.05, 0) is 12.3 Å². The second-order valence-corrected chi connectivity index (χ2v) is 4.45. The van der Waals surface area contributed by atoms with Gasteiger partial charge < -0.3 is 5.32 Å². The van der Waals surface area contributed by atoms with E-state index in [-0.39, 0.29) is 12.4 Å². The lowest BCUT2D eigenvalue weighted by atomic mass is 10.2. The summed E-state index contributed by atoms with van der Waals surface area (Å²) in [5, 5.41) is 12.5. The van der Waals surface area contributed by atoms with Gasteiger partial charge in [0.2, 0.25) is 0 Å². The van der Waals surface area contributed by atoms with Crippen LogP contribution in [-0.2, 0) is 6.54 Å². The topological polar surface area (TPSA) is 61.6 Å². The summed E-state index contributed by atoms with van der Waals surface area (Å²) in [5.74, 6) is 0.137. The van der Waals surface area contributed by atoms with Gasteiger partial charge in [0.15, 0.2) is 5.16 Å². The van der Waals surface area contributed by atoms with E-state index in [4.69, 9.17) is 5.26 Å². The van der Waals surface area contributed by atoms with Gasteiger partial charge in [0, 0.05) is 12.1 Å². The van der Waals surface area contributed by atoms with Gasteiger partial charge in [-0.25, -0.2) is 14.4 Å². The fourth-order valence-electron chi connectivity index (χ4n) is 1.50. The number of hydrogen-bond acceptors (Lipinski definition) is 5. The number of aromatic nitrogens is 2. The van der Waals surface area contributed by atoms with Crippen LogP contribution in [0.3, 0.4) is 0 Å². The van der Waals surface area contributed by atoms with Gasteiger partial charge in [-0.2, -0.15) is 5.26 Å². The molecule has 0 unspecified atom stereocenters. The SMILES string of the molecule is CSc1ncc(C#N)c(NCc2ccccc2F)n1. The molecule has 0 fully saturated rings. The van der Waals surface area contributed by atoms with E-state index in [2.05, 4.69) is 15.3 Å². The van der Waals surface area contributed by atoms with Crippen LogP contribution in [0, 0.1) is 17.1 Å². The van der Waals surface area contributed by atoms with E-state index in [1.54, 1.807) is 18.2 Å². The van der Waals surface area contributed by atoms with Crippen LogP contribution in [0.1, 0.15) is 11.1 Å². The lowest BCUT2D eigenvalue weighted by Crippen LogP contribution is -2.06. The van der Waals surface area contributed by atoms with Crippen LogP contribution >= 0.6 is 11.8 Å². The van der Waals surface area contributed by atoms with E-state index in [0.717, 1.165) is 0 Å². The van der Waals surface area contributed by atoms with Crippen molar-refractivity contribution in [3.8, 4) is 6.07 Å². The van der Waals surface area contributed by atoms with Crippen molar-refractivity contribution in [2.45, 2.75) is 11.7 Å². The highest BCUT2D eigenvalue weighted by Gasteiger charge is 2.07. The third-order valence-corrected chi connectivity index (χ3v) is 3.04. The molecule has 1 N–H and O–H groups in total. The molecule has 1 aromatic heterocycles. The first-order valence-electron chi connectivity index (χ1n) is 5.53. The number of nitrogens with zero attached hydrogens (tertiary/aromatic N) is 3. The predicted octanol–water partition coefficient (Wildman–Crippen LogP) is 2.82. The monoisotopic (exact) mass is 274 g/mol. The van der Waals surface area contributed by atoms with E-state index in [1.807, 2.05) is 12.3 Å². The molecule has 0 aliphatic carbocycles. The molecule has 0 atom stereocenters. The maximum atomic E-state index is 13.5. The number of thioether (sulfide) groups is 1. The lowest BCUT2D eigenvalue weighted by Gasteiger charge is -2.08. The molecule has 0 amide bonds. The number of benzene rings is 1. The summed E-state index contributed by atoms with van der Waals surface area (Å²) in [4.78, 5) is 8.22. The largest absolute Gasteiger partial charge is 0.365 e. The number of hydrogen-bond donors (Lipinski definition) is 1. The van der Waals surface area contributed by atoms with Crippen molar-refractivity contribution in [2.75, 3.05) is 11.6 Å². The highest BCUT2D eigenvalue weighted by atomic mass is 32.2. The minimum absolute atomic E-state index is 0.270. The number of nitrogens with one attached hydrogen (secondary N) is 1.